The van der Waals surface area contributed by atoms with Crippen LogP contribution in [0.15, 0.2) is 47.5 Å². The van der Waals surface area contributed by atoms with Crippen LogP contribution in [0.1, 0.15) is 39.2 Å². The molecule has 0 aliphatic heterocycles. The fourth-order valence-electron chi connectivity index (χ4n) is 1.63. The average molecular weight is 287 g/mol. The summed E-state index contributed by atoms with van der Waals surface area (Å²) in [6.45, 7) is 7.49. The lowest BCUT2D eigenvalue weighted by Crippen LogP contribution is -2.00. The van der Waals surface area contributed by atoms with Crippen molar-refractivity contribution in [2.75, 3.05) is 6.54 Å². The van der Waals surface area contributed by atoms with Crippen molar-refractivity contribution in [3.05, 3.63) is 48.1 Å². The van der Waals surface area contributed by atoms with E-state index in [-0.39, 0.29) is 0 Å². The van der Waals surface area contributed by atoms with Gasteiger partial charge in [0.1, 0.15) is 0 Å². The van der Waals surface area contributed by atoms with Crippen molar-refractivity contribution in [3.63, 3.8) is 0 Å². The zero-order chi connectivity index (χ0) is 14.8. The number of hydrogen-bond acceptors (Lipinski definition) is 1. The summed E-state index contributed by atoms with van der Waals surface area (Å²) in [5.41, 5.74) is 2.28. The lowest BCUT2D eigenvalue weighted by Gasteiger charge is -2.04. The van der Waals surface area contributed by atoms with Crippen LogP contribution in [0.4, 0.5) is 0 Å². The minimum atomic E-state index is 0.641. The first-order valence-electron chi connectivity index (χ1n) is 7.40. The summed E-state index contributed by atoms with van der Waals surface area (Å²) >= 11 is 0. The number of allylic oxidation sites excluding steroid dienone is 3. The smallest absolute Gasteiger partial charge is 0.0571 e. The zero-order valence-corrected chi connectivity index (χ0v) is 14.0. The van der Waals surface area contributed by atoms with Crippen LogP contribution >= 0.6 is 9.24 Å². The summed E-state index contributed by atoms with van der Waals surface area (Å²) in [4.78, 5) is 4.71. The Hall–Kier alpha value is -1.20. The first-order valence-corrected chi connectivity index (χ1v) is 7.98. The van der Waals surface area contributed by atoms with Gasteiger partial charge in [0.25, 0.3) is 0 Å². The normalized spacial score (nSPS) is 14.3. The van der Waals surface area contributed by atoms with Crippen LogP contribution in [0.25, 0.3) is 6.08 Å². The van der Waals surface area contributed by atoms with E-state index in [9.17, 15) is 0 Å². The Bertz CT molecular complexity index is 486. The van der Waals surface area contributed by atoms with Crippen molar-refractivity contribution in [2.24, 2.45) is 10.9 Å². The minimum absolute atomic E-state index is 0.641. The lowest BCUT2D eigenvalue weighted by molar-refractivity contribution is 0.577. The molecule has 0 spiro atoms. The number of hydrogen-bond donors (Lipinski definition) is 0. The van der Waals surface area contributed by atoms with E-state index in [1.54, 1.807) is 0 Å². The molecule has 1 aromatic rings. The van der Waals surface area contributed by atoms with Crippen molar-refractivity contribution in [1.29, 1.82) is 0 Å². The molecule has 0 bridgehead atoms. The Balaban J connectivity index is 2.84. The highest BCUT2D eigenvalue weighted by Gasteiger charge is 1.97. The molecule has 0 amide bonds. The first kappa shape index (κ1) is 16.9. The average Bonchev–Trinajstić information content (AvgIpc) is 2.47. The Morgan fingerprint density at radius 3 is 2.65 bits per heavy atom. The van der Waals surface area contributed by atoms with Crippen LogP contribution in [-0.2, 0) is 0 Å². The third kappa shape index (κ3) is 6.30. The second kappa shape index (κ2) is 9.66. The number of rotatable bonds is 7. The van der Waals surface area contributed by atoms with Gasteiger partial charge in [-0.3, -0.25) is 4.99 Å². The quantitative estimate of drug-likeness (QED) is 0.511. The Morgan fingerprint density at radius 1 is 1.25 bits per heavy atom. The van der Waals surface area contributed by atoms with Crippen LogP contribution in [0, 0.1) is 5.92 Å². The molecule has 2 unspecified atom stereocenters. The molecular weight excluding hydrogens is 261 g/mol. The van der Waals surface area contributed by atoms with Crippen LogP contribution in [0.2, 0.25) is 0 Å². The third-order valence-electron chi connectivity index (χ3n) is 3.24. The van der Waals surface area contributed by atoms with Gasteiger partial charge in [0.05, 0.1) is 5.71 Å². The van der Waals surface area contributed by atoms with Crippen LogP contribution < -0.4 is 5.30 Å². The molecule has 1 nitrogen and oxygen atoms in total. The van der Waals surface area contributed by atoms with Gasteiger partial charge < -0.3 is 0 Å². The van der Waals surface area contributed by atoms with Gasteiger partial charge >= 0.3 is 0 Å². The molecule has 0 aromatic heterocycles. The Labute approximate surface area is 126 Å². The molecule has 108 valence electrons. The molecule has 0 aliphatic carbocycles. The highest BCUT2D eigenvalue weighted by Crippen LogP contribution is 2.05. The van der Waals surface area contributed by atoms with Crippen LogP contribution in [-0.4, -0.2) is 12.3 Å². The minimum Gasteiger partial charge on any atom is -0.285 e. The molecule has 0 radical (unpaired) electrons. The molecule has 0 saturated carbocycles. The molecule has 0 fully saturated rings. The predicted octanol–water partition coefficient (Wildman–Crippen LogP) is 4.65. The van der Waals surface area contributed by atoms with Crippen LogP contribution in [0.5, 0.6) is 0 Å². The number of nitrogens with zero attached hydrogens (tertiary/aromatic N) is 1. The van der Waals surface area contributed by atoms with Gasteiger partial charge in [-0.15, -0.1) is 9.24 Å². The first-order chi connectivity index (χ1) is 9.67. The second-order valence-electron chi connectivity index (χ2n) is 5.05. The topological polar surface area (TPSA) is 12.4 Å². The van der Waals surface area contributed by atoms with Crippen LogP contribution in [0.3, 0.4) is 0 Å². The molecule has 0 heterocycles. The highest BCUT2D eigenvalue weighted by atomic mass is 31.0. The second-order valence-corrected chi connectivity index (χ2v) is 5.67. The van der Waals surface area contributed by atoms with E-state index >= 15 is 0 Å². The van der Waals surface area contributed by atoms with Gasteiger partial charge in [-0.1, -0.05) is 63.6 Å². The van der Waals surface area contributed by atoms with Gasteiger partial charge in [0, 0.05) is 6.54 Å². The molecule has 0 N–H and O–H groups in total. The number of benzene rings is 1. The summed E-state index contributed by atoms with van der Waals surface area (Å²) < 4.78 is 0. The molecule has 1 rings (SSSR count). The van der Waals surface area contributed by atoms with E-state index in [0.29, 0.717) is 5.92 Å². The standard InChI is InChI=1S/C18H26NP/c1-4-6-10-17(19-14-15(3)5-2)13-12-16-9-7-8-11-18(16)20/h6-13,15H,4-5,14,20H2,1-3H3/b10-6-,13-12-,19-17+. The van der Waals surface area contributed by atoms with Gasteiger partial charge in [-0.2, -0.15) is 0 Å². The maximum Gasteiger partial charge on any atom is 0.0571 e. The number of aliphatic imine (C=N–C) groups is 1. The van der Waals surface area contributed by atoms with Gasteiger partial charge in [-0.05, 0) is 35.4 Å². The predicted molar refractivity (Wildman–Crippen MR) is 96.0 cm³/mol. The molecule has 0 saturated heterocycles. The van der Waals surface area contributed by atoms with E-state index in [2.05, 4.69) is 78.6 Å². The zero-order valence-electron chi connectivity index (χ0n) is 12.8. The monoisotopic (exact) mass is 287 g/mol. The summed E-state index contributed by atoms with van der Waals surface area (Å²) in [5, 5.41) is 1.21. The maximum atomic E-state index is 4.71. The van der Waals surface area contributed by atoms with E-state index in [1.807, 2.05) is 0 Å². The van der Waals surface area contributed by atoms with Gasteiger partial charge in [0.2, 0.25) is 0 Å². The highest BCUT2D eigenvalue weighted by molar-refractivity contribution is 7.27. The molecule has 1 aromatic carbocycles. The van der Waals surface area contributed by atoms with E-state index in [4.69, 9.17) is 4.99 Å². The molecule has 2 atom stereocenters. The summed E-state index contributed by atoms with van der Waals surface area (Å²) in [5.74, 6) is 0.641. The SMILES string of the molecule is CC\C=C/C(/C=C\c1ccccc1P)=N\CC(C)CC. The molecule has 2 heteroatoms. The summed E-state index contributed by atoms with van der Waals surface area (Å²) in [6, 6.07) is 8.33. The largest absolute Gasteiger partial charge is 0.285 e. The van der Waals surface area contributed by atoms with Gasteiger partial charge in [0.15, 0.2) is 0 Å². The van der Waals surface area contributed by atoms with E-state index in [1.165, 1.54) is 17.3 Å². The summed E-state index contributed by atoms with van der Waals surface area (Å²) in [6.07, 6.45) is 10.7. The summed E-state index contributed by atoms with van der Waals surface area (Å²) in [7, 11) is 2.77. The maximum absolute atomic E-state index is 4.71. The van der Waals surface area contributed by atoms with E-state index < -0.39 is 0 Å². The van der Waals surface area contributed by atoms with Crippen molar-refractivity contribution in [2.45, 2.75) is 33.6 Å². The third-order valence-corrected chi connectivity index (χ3v) is 3.76. The van der Waals surface area contributed by atoms with Crippen molar-refractivity contribution in [3.8, 4) is 0 Å². The Kier molecular flexibility index (Phi) is 8.14. The molecular formula is C18H26NP. The van der Waals surface area contributed by atoms with Crippen molar-refractivity contribution < 1.29 is 0 Å². The lowest BCUT2D eigenvalue weighted by atomic mass is 10.1. The fraction of sp³-hybridized carbons (Fsp3) is 0.389. The fourth-order valence-corrected chi connectivity index (χ4v) is 1.93. The Morgan fingerprint density at radius 2 is 2.00 bits per heavy atom. The van der Waals surface area contributed by atoms with Crippen molar-refractivity contribution in [1.82, 2.24) is 0 Å². The van der Waals surface area contributed by atoms with Crippen molar-refractivity contribution >= 4 is 26.3 Å². The van der Waals surface area contributed by atoms with Gasteiger partial charge in [-0.25, -0.2) is 0 Å². The van der Waals surface area contributed by atoms with E-state index in [0.717, 1.165) is 18.7 Å². The molecule has 0 aliphatic rings. The molecule has 20 heavy (non-hydrogen) atoms.